The van der Waals surface area contributed by atoms with Crippen LogP contribution in [0.1, 0.15) is 28.1 Å². The van der Waals surface area contributed by atoms with Crippen molar-refractivity contribution in [3.63, 3.8) is 0 Å². The predicted octanol–water partition coefficient (Wildman–Crippen LogP) is 1.95. The van der Waals surface area contributed by atoms with Crippen LogP contribution in [0.25, 0.3) is 0 Å². The average molecular weight is 365 g/mol. The molecule has 2 atom stereocenters. The van der Waals surface area contributed by atoms with Crippen LogP contribution in [0, 0.1) is 26.7 Å². The highest BCUT2D eigenvalue weighted by atomic mass is 35.5. The van der Waals surface area contributed by atoms with Crippen LogP contribution in [0.2, 0.25) is 0 Å². The van der Waals surface area contributed by atoms with E-state index in [4.69, 9.17) is 5.10 Å². The topological polar surface area (TPSA) is 62.1 Å². The Bertz CT molecular complexity index is 683. The second kappa shape index (κ2) is 8.81. The fraction of sp³-hybridized carbons (Fsp3) is 0.526. The lowest BCUT2D eigenvalue weighted by atomic mass is 10.1. The van der Waals surface area contributed by atoms with Gasteiger partial charge >= 0.3 is 0 Å². The molecule has 1 aliphatic rings. The number of hydrogen-bond donors (Lipinski definition) is 3. The van der Waals surface area contributed by atoms with Gasteiger partial charge in [0.05, 0.1) is 18.3 Å². The van der Waals surface area contributed by atoms with Crippen LogP contribution in [-0.4, -0.2) is 40.6 Å². The molecule has 0 bridgehead atoms. The van der Waals surface area contributed by atoms with Gasteiger partial charge in [-0.05, 0) is 26.3 Å². The van der Waals surface area contributed by atoms with Gasteiger partial charge in [-0.2, -0.15) is 5.10 Å². The van der Waals surface area contributed by atoms with Gasteiger partial charge < -0.3 is 15.7 Å². The highest BCUT2D eigenvalue weighted by Crippen LogP contribution is 2.16. The van der Waals surface area contributed by atoms with E-state index in [1.165, 1.54) is 22.4 Å². The molecule has 0 radical (unpaired) electrons. The molecular weight excluding hydrogens is 336 g/mol. The van der Waals surface area contributed by atoms with Gasteiger partial charge in [-0.25, -0.2) is 0 Å². The van der Waals surface area contributed by atoms with E-state index >= 15 is 0 Å². The highest BCUT2D eigenvalue weighted by Gasteiger charge is 2.24. The maximum Gasteiger partial charge on any atom is 0.0716 e. The van der Waals surface area contributed by atoms with E-state index < -0.39 is 0 Å². The Morgan fingerprint density at radius 3 is 2.56 bits per heavy atom. The molecule has 25 heavy (non-hydrogen) atoms. The lowest BCUT2D eigenvalue weighted by Crippen LogP contribution is -2.30. The SMILES string of the molecule is Cc1ccc(Cn2nc(C)c(CNCC3CNCC3O)c2C)cc1.Cl. The quantitative estimate of drug-likeness (QED) is 0.733. The van der Waals surface area contributed by atoms with Crippen molar-refractivity contribution in [3.8, 4) is 0 Å². The number of nitrogens with one attached hydrogen (secondary N) is 2. The molecule has 0 saturated carbocycles. The second-order valence-corrected chi connectivity index (χ2v) is 6.91. The Labute approximate surface area is 156 Å². The van der Waals surface area contributed by atoms with Crippen molar-refractivity contribution in [1.29, 1.82) is 0 Å². The second-order valence-electron chi connectivity index (χ2n) is 6.91. The highest BCUT2D eigenvalue weighted by molar-refractivity contribution is 5.85. The normalized spacial score (nSPS) is 19.8. The van der Waals surface area contributed by atoms with Crippen LogP contribution < -0.4 is 10.6 Å². The smallest absolute Gasteiger partial charge is 0.0716 e. The largest absolute Gasteiger partial charge is 0.391 e. The van der Waals surface area contributed by atoms with Crippen molar-refractivity contribution < 1.29 is 5.11 Å². The molecule has 3 N–H and O–H groups in total. The molecule has 5 nitrogen and oxygen atoms in total. The van der Waals surface area contributed by atoms with E-state index in [-0.39, 0.29) is 18.5 Å². The van der Waals surface area contributed by atoms with Gasteiger partial charge in [-0.3, -0.25) is 4.68 Å². The van der Waals surface area contributed by atoms with Gasteiger partial charge in [-0.1, -0.05) is 29.8 Å². The zero-order valence-corrected chi connectivity index (χ0v) is 16.1. The van der Waals surface area contributed by atoms with Crippen LogP contribution in [-0.2, 0) is 13.1 Å². The van der Waals surface area contributed by atoms with Gasteiger partial charge in [0.25, 0.3) is 0 Å². The van der Waals surface area contributed by atoms with E-state index in [1.807, 2.05) is 0 Å². The van der Waals surface area contributed by atoms with Crippen LogP contribution in [0.3, 0.4) is 0 Å². The van der Waals surface area contributed by atoms with Crippen molar-refractivity contribution in [3.05, 3.63) is 52.3 Å². The average Bonchev–Trinajstić information content (AvgIpc) is 3.08. The summed E-state index contributed by atoms with van der Waals surface area (Å²) in [4.78, 5) is 0. The van der Waals surface area contributed by atoms with Crippen LogP contribution in [0.15, 0.2) is 24.3 Å². The number of hydrogen-bond acceptors (Lipinski definition) is 4. The Morgan fingerprint density at radius 1 is 1.20 bits per heavy atom. The standard InChI is InChI=1S/C19H28N4O.ClH/c1-13-4-6-16(7-5-13)12-23-15(3)18(14(2)22-23)10-20-8-17-9-21-11-19(17)24;/h4-7,17,19-21,24H,8-12H2,1-3H3;1H. The fourth-order valence-corrected chi connectivity index (χ4v) is 3.32. The van der Waals surface area contributed by atoms with Crippen molar-refractivity contribution in [1.82, 2.24) is 20.4 Å². The third-order valence-corrected chi connectivity index (χ3v) is 5.00. The number of aromatic nitrogens is 2. The summed E-state index contributed by atoms with van der Waals surface area (Å²) in [6, 6.07) is 8.62. The Morgan fingerprint density at radius 2 is 1.92 bits per heavy atom. The molecule has 1 aromatic heterocycles. The van der Waals surface area contributed by atoms with Crippen molar-refractivity contribution in [2.24, 2.45) is 5.92 Å². The molecule has 3 rings (SSSR count). The maximum absolute atomic E-state index is 9.86. The molecule has 2 aromatic rings. The summed E-state index contributed by atoms with van der Waals surface area (Å²) in [5.41, 5.74) is 6.11. The molecule has 1 aromatic carbocycles. The van der Waals surface area contributed by atoms with E-state index in [1.54, 1.807) is 0 Å². The van der Waals surface area contributed by atoms with Gasteiger partial charge in [0, 0.05) is 43.4 Å². The molecule has 1 aliphatic heterocycles. The number of rotatable bonds is 6. The number of nitrogens with zero attached hydrogens (tertiary/aromatic N) is 2. The number of halogens is 1. The number of aliphatic hydroxyl groups is 1. The first-order valence-electron chi connectivity index (χ1n) is 8.72. The number of aryl methyl sites for hydroxylation is 2. The molecule has 1 fully saturated rings. The van der Waals surface area contributed by atoms with Gasteiger partial charge in [0.15, 0.2) is 0 Å². The number of β-amino-alcohol motifs (C(OH)–C–C–N with tert-alkyl or cyclic N) is 1. The molecule has 138 valence electrons. The summed E-state index contributed by atoms with van der Waals surface area (Å²) < 4.78 is 2.09. The first-order chi connectivity index (χ1) is 11.5. The fourth-order valence-electron chi connectivity index (χ4n) is 3.32. The maximum atomic E-state index is 9.86. The lowest BCUT2D eigenvalue weighted by molar-refractivity contribution is 0.146. The van der Waals surface area contributed by atoms with Crippen molar-refractivity contribution in [2.75, 3.05) is 19.6 Å². The van der Waals surface area contributed by atoms with E-state index in [9.17, 15) is 5.11 Å². The summed E-state index contributed by atoms with van der Waals surface area (Å²) >= 11 is 0. The first kappa shape index (κ1) is 19.9. The Balaban J connectivity index is 0.00000225. The van der Waals surface area contributed by atoms with Crippen LogP contribution in [0.4, 0.5) is 0 Å². The number of aliphatic hydroxyl groups excluding tert-OH is 1. The van der Waals surface area contributed by atoms with E-state index in [0.717, 1.165) is 31.9 Å². The molecule has 0 amide bonds. The first-order valence-corrected chi connectivity index (χ1v) is 8.72. The minimum Gasteiger partial charge on any atom is -0.391 e. The lowest BCUT2D eigenvalue weighted by Gasteiger charge is -2.14. The summed E-state index contributed by atoms with van der Waals surface area (Å²) in [6.07, 6.45) is -0.232. The summed E-state index contributed by atoms with van der Waals surface area (Å²) in [5, 5.41) is 21.3. The zero-order chi connectivity index (χ0) is 17.1. The number of benzene rings is 1. The molecule has 0 spiro atoms. The van der Waals surface area contributed by atoms with Crippen molar-refractivity contribution >= 4 is 12.4 Å². The molecule has 2 heterocycles. The van der Waals surface area contributed by atoms with Gasteiger partial charge in [0.2, 0.25) is 0 Å². The minimum absolute atomic E-state index is 0. The Hall–Kier alpha value is -1.40. The van der Waals surface area contributed by atoms with Crippen LogP contribution in [0.5, 0.6) is 0 Å². The zero-order valence-electron chi connectivity index (χ0n) is 15.2. The molecule has 1 saturated heterocycles. The summed E-state index contributed by atoms with van der Waals surface area (Å²) in [7, 11) is 0. The van der Waals surface area contributed by atoms with Crippen molar-refractivity contribution in [2.45, 2.75) is 40.0 Å². The summed E-state index contributed by atoms with van der Waals surface area (Å²) in [6.45, 7) is 10.3. The monoisotopic (exact) mass is 364 g/mol. The third kappa shape index (κ3) is 4.82. The molecule has 2 unspecified atom stereocenters. The van der Waals surface area contributed by atoms with Gasteiger partial charge in [0.1, 0.15) is 0 Å². The molecule has 6 heteroatoms. The minimum atomic E-state index is -0.232. The molecular formula is C19H29ClN4O. The third-order valence-electron chi connectivity index (χ3n) is 5.00. The van der Waals surface area contributed by atoms with E-state index in [0.29, 0.717) is 12.5 Å². The van der Waals surface area contributed by atoms with Crippen LogP contribution >= 0.6 is 12.4 Å². The van der Waals surface area contributed by atoms with Gasteiger partial charge in [-0.15, -0.1) is 12.4 Å². The molecule has 0 aliphatic carbocycles. The Kier molecular flexibility index (Phi) is 7.02. The van der Waals surface area contributed by atoms with E-state index in [2.05, 4.69) is 60.4 Å². The summed E-state index contributed by atoms with van der Waals surface area (Å²) in [5.74, 6) is 0.299. The predicted molar refractivity (Wildman–Crippen MR) is 103 cm³/mol.